The highest BCUT2D eigenvalue weighted by Gasteiger charge is 2.28. The first-order valence-corrected chi connectivity index (χ1v) is 21.4. The molecule has 1 aliphatic rings. The maximum atomic E-state index is 12.5. The van der Waals surface area contributed by atoms with Gasteiger partial charge in [0.2, 0.25) is 0 Å². The number of hydrogen-bond donors (Lipinski definition) is 0. The minimum atomic E-state index is -1.15. The molecule has 0 bridgehead atoms. The van der Waals surface area contributed by atoms with E-state index in [0.717, 1.165) is 60.2 Å². The fourth-order valence-electron chi connectivity index (χ4n) is 6.10. The highest BCUT2D eigenvalue weighted by Crippen LogP contribution is 2.36. The van der Waals surface area contributed by atoms with Gasteiger partial charge in [-0.15, -0.1) is 0 Å². The summed E-state index contributed by atoms with van der Waals surface area (Å²) in [6.07, 6.45) is 5.14. The lowest BCUT2D eigenvalue weighted by molar-refractivity contribution is 0.0177. The summed E-state index contributed by atoms with van der Waals surface area (Å²) in [4.78, 5) is 28.6. The summed E-state index contributed by atoms with van der Waals surface area (Å²) in [5.74, 6) is 2.41. The number of benzene rings is 2. The van der Waals surface area contributed by atoms with Crippen LogP contribution in [0.3, 0.4) is 0 Å². The second-order valence-electron chi connectivity index (χ2n) is 15.4. The predicted molar refractivity (Wildman–Crippen MR) is 200 cm³/mol. The van der Waals surface area contributed by atoms with E-state index in [0.29, 0.717) is 59.0 Å². The Labute approximate surface area is 299 Å². The molecule has 1 amide bonds. The van der Waals surface area contributed by atoms with Gasteiger partial charge in [0.15, 0.2) is 0 Å². The Morgan fingerprint density at radius 1 is 1.02 bits per heavy atom. The third-order valence-electron chi connectivity index (χ3n) is 9.05. The first-order valence-electron chi connectivity index (χ1n) is 17.3. The van der Waals surface area contributed by atoms with Crippen LogP contribution in [0.1, 0.15) is 45.1 Å². The summed E-state index contributed by atoms with van der Waals surface area (Å²) < 4.78 is 22.0. The molecule has 50 heavy (non-hydrogen) atoms. The number of nitrogens with zero attached hydrogens (tertiary/aromatic N) is 7. The van der Waals surface area contributed by atoms with Crippen LogP contribution in [0.25, 0.3) is 33.3 Å². The van der Waals surface area contributed by atoms with Crippen molar-refractivity contribution in [2.24, 2.45) is 5.92 Å². The standard InChI is InChI=1S/C37H48ClN7O4Si/c1-24-28(20-40-45(24)22-26-13-15-43(16-14-26)36(46)49-37(3,4)5)31-21-39-29-10-12-33(34(38)35(29)42-31)48-27-9-11-32-30(19-27)41-25(2)44(32)23-47-17-18-50(6,7)8/h9-12,19-21,26H,13-18,22-23H2,1-8H3. The molecule has 5 aromatic rings. The molecule has 0 spiro atoms. The molecule has 0 unspecified atom stereocenters. The van der Waals surface area contributed by atoms with Crippen molar-refractivity contribution in [1.82, 2.24) is 34.2 Å². The Balaban J connectivity index is 1.14. The smallest absolute Gasteiger partial charge is 0.410 e. The largest absolute Gasteiger partial charge is 0.456 e. The SMILES string of the molecule is Cc1c(-c2cnc3ccc(Oc4ccc5c(c4)nc(C)n5COCC[Si](C)(C)C)c(Cl)c3n2)cnn1CC1CCN(C(=O)OC(C)(C)C)CC1. The van der Waals surface area contributed by atoms with Crippen LogP contribution in [0, 0.1) is 19.8 Å². The van der Waals surface area contributed by atoms with Gasteiger partial charge in [0.25, 0.3) is 0 Å². The van der Waals surface area contributed by atoms with E-state index in [-0.39, 0.29) is 6.09 Å². The van der Waals surface area contributed by atoms with Gasteiger partial charge in [0, 0.05) is 51.6 Å². The number of likely N-dealkylation sites (tertiary alicyclic amines) is 1. The zero-order chi connectivity index (χ0) is 35.8. The average Bonchev–Trinajstić information content (AvgIpc) is 3.57. The van der Waals surface area contributed by atoms with Crippen LogP contribution in [0.15, 0.2) is 42.7 Å². The van der Waals surface area contributed by atoms with Crippen molar-refractivity contribution < 1.29 is 19.0 Å². The van der Waals surface area contributed by atoms with Crippen LogP contribution >= 0.6 is 11.6 Å². The summed E-state index contributed by atoms with van der Waals surface area (Å²) in [6.45, 7) is 20.1. The van der Waals surface area contributed by atoms with E-state index < -0.39 is 13.7 Å². The van der Waals surface area contributed by atoms with E-state index in [9.17, 15) is 4.79 Å². The lowest BCUT2D eigenvalue weighted by Gasteiger charge is -2.33. The molecule has 0 aliphatic carbocycles. The van der Waals surface area contributed by atoms with Gasteiger partial charge in [0.1, 0.15) is 40.2 Å². The van der Waals surface area contributed by atoms with Gasteiger partial charge in [-0.25, -0.2) is 14.8 Å². The Bertz CT molecular complexity index is 2010. The first-order chi connectivity index (χ1) is 23.6. The Morgan fingerprint density at radius 2 is 1.78 bits per heavy atom. The molecule has 0 atom stereocenters. The van der Waals surface area contributed by atoms with E-state index in [2.05, 4.69) is 29.2 Å². The zero-order valence-electron chi connectivity index (χ0n) is 30.4. The molecule has 13 heteroatoms. The Hall–Kier alpha value is -4.00. The van der Waals surface area contributed by atoms with Crippen LogP contribution in [-0.2, 0) is 22.7 Å². The van der Waals surface area contributed by atoms with Crippen LogP contribution in [0.5, 0.6) is 11.5 Å². The third kappa shape index (κ3) is 8.30. The van der Waals surface area contributed by atoms with Gasteiger partial charge < -0.3 is 23.7 Å². The van der Waals surface area contributed by atoms with Crippen LogP contribution in [0.2, 0.25) is 30.7 Å². The van der Waals surface area contributed by atoms with Crippen LogP contribution < -0.4 is 4.74 Å². The monoisotopic (exact) mass is 717 g/mol. The molecule has 0 N–H and O–H groups in total. The van der Waals surface area contributed by atoms with E-state index in [1.807, 2.05) is 75.8 Å². The zero-order valence-corrected chi connectivity index (χ0v) is 32.2. The number of hydrogen-bond acceptors (Lipinski definition) is 8. The fraction of sp³-hybridized carbons (Fsp3) is 0.486. The topological polar surface area (TPSA) is 109 Å². The highest BCUT2D eigenvalue weighted by molar-refractivity contribution is 6.76. The van der Waals surface area contributed by atoms with Gasteiger partial charge in [-0.1, -0.05) is 31.2 Å². The maximum absolute atomic E-state index is 12.5. The third-order valence-corrected chi connectivity index (χ3v) is 11.1. The van der Waals surface area contributed by atoms with Gasteiger partial charge in [-0.3, -0.25) is 9.67 Å². The van der Waals surface area contributed by atoms with Gasteiger partial charge >= 0.3 is 6.09 Å². The number of carbonyl (C=O) groups is 1. The van der Waals surface area contributed by atoms with Crippen molar-refractivity contribution in [3.63, 3.8) is 0 Å². The quantitative estimate of drug-likeness (QED) is 0.104. The molecule has 1 saturated heterocycles. The summed E-state index contributed by atoms with van der Waals surface area (Å²) in [5.41, 5.74) is 5.14. The van der Waals surface area contributed by atoms with Gasteiger partial charge in [0.05, 0.1) is 34.6 Å². The molecule has 6 rings (SSSR count). The molecule has 2 aromatic carbocycles. The lowest BCUT2D eigenvalue weighted by Crippen LogP contribution is -2.42. The number of fused-ring (bicyclic) bond motifs is 2. The number of amides is 1. The highest BCUT2D eigenvalue weighted by atomic mass is 35.5. The molecule has 1 fully saturated rings. The summed E-state index contributed by atoms with van der Waals surface area (Å²) in [5, 5.41) is 5.09. The number of piperidine rings is 1. The number of carbonyl (C=O) groups excluding carboxylic acids is 1. The summed E-state index contributed by atoms with van der Waals surface area (Å²) in [6, 6.07) is 10.6. The minimum absolute atomic E-state index is 0.243. The molecule has 266 valence electrons. The number of aromatic nitrogens is 6. The number of halogens is 1. The Morgan fingerprint density at radius 3 is 2.50 bits per heavy atom. The van der Waals surface area contributed by atoms with Crippen LogP contribution in [-0.4, -0.2) is 73.7 Å². The van der Waals surface area contributed by atoms with E-state index in [4.69, 9.17) is 40.9 Å². The van der Waals surface area contributed by atoms with Crippen molar-refractivity contribution in [3.05, 3.63) is 59.3 Å². The molecule has 3 aromatic heterocycles. The summed E-state index contributed by atoms with van der Waals surface area (Å²) in [7, 11) is -1.15. The fourth-order valence-corrected chi connectivity index (χ4v) is 7.10. The molecule has 11 nitrogen and oxygen atoms in total. The molecule has 0 radical (unpaired) electrons. The number of ether oxygens (including phenoxy) is 3. The van der Waals surface area contributed by atoms with Crippen molar-refractivity contribution in [2.75, 3.05) is 19.7 Å². The predicted octanol–water partition coefficient (Wildman–Crippen LogP) is 8.86. The van der Waals surface area contributed by atoms with E-state index in [1.165, 1.54) is 0 Å². The van der Waals surface area contributed by atoms with Crippen molar-refractivity contribution in [2.45, 2.75) is 92.0 Å². The number of imidazole rings is 1. The molecule has 0 saturated carbocycles. The maximum Gasteiger partial charge on any atom is 0.410 e. The van der Waals surface area contributed by atoms with Crippen molar-refractivity contribution >= 4 is 47.8 Å². The lowest BCUT2D eigenvalue weighted by atomic mass is 9.97. The minimum Gasteiger partial charge on any atom is -0.456 e. The normalized spacial score (nSPS) is 14.5. The molecule has 1 aliphatic heterocycles. The molecular weight excluding hydrogens is 670 g/mol. The van der Waals surface area contributed by atoms with Crippen molar-refractivity contribution in [3.8, 4) is 22.8 Å². The van der Waals surface area contributed by atoms with Gasteiger partial charge in [-0.05, 0) is 83.7 Å². The Kier molecular flexibility index (Phi) is 10.3. The van der Waals surface area contributed by atoms with E-state index in [1.54, 1.807) is 11.1 Å². The van der Waals surface area contributed by atoms with Crippen LogP contribution in [0.4, 0.5) is 4.79 Å². The van der Waals surface area contributed by atoms with Crippen molar-refractivity contribution in [1.29, 1.82) is 0 Å². The second kappa shape index (κ2) is 14.3. The molecule has 4 heterocycles. The second-order valence-corrected chi connectivity index (χ2v) is 21.4. The molecular formula is C37H48ClN7O4Si. The average molecular weight is 718 g/mol. The first kappa shape index (κ1) is 35.8. The van der Waals surface area contributed by atoms with E-state index >= 15 is 0 Å². The summed E-state index contributed by atoms with van der Waals surface area (Å²) >= 11 is 6.93. The van der Waals surface area contributed by atoms with Gasteiger partial charge in [-0.2, -0.15) is 5.10 Å². The number of aryl methyl sites for hydroxylation is 1. The number of rotatable bonds is 10.